The molecule has 6 nitrogen and oxygen atoms in total. The highest BCUT2D eigenvalue weighted by molar-refractivity contribution is 5.96. The second-order valence-electron chi connectivity index (χ2n) is 7.45. The number of benzene rings is 2. The Morgan fingerprint density at radius 3 is 2.50 bits per heavy atom. The third-order valence-electron chi connectivity index (χ3n) is 5.12. The molecule has 6 heteroatoms. The third-order valence-corrected chi connectivity index (χ3v) is 5.12. The van der Waals surface area contributed by atoms with Gasteiger partial charge in [-0.15, -0.1) is 0 Å². The van der Waals surface area contributed by atoms with Crippen LogP contribution in [-0.2, 0) is 6.42 Å². The molecule has 2 heterocycles. The Hall–Kier alpha value is -4.06. The first-order valence-corrected chi connectivity index (χ1v) is 10.5. The van der Waals surface area contributed by atoms with Gasteiger partial charge in [-0.1, -0.05) is 42.5 Å². The van der Waals surface area contributed by atoms with Crippen molar-refractivity contribution in [3.05, 3.63) is 102 Å². The topological polar surface area (TPSA) is 77.0 Å². The molecule has 4 rings (SSSR count). The van der Waals surface area contributed by atoms with Crippen molar-refractivity contribution in [3.63, 3.8) is 0 Å². The van der Waals surface area contributed by atoms with Crippen LogP contribution in [0, 0.1) is 13.8 Å². The van der Waals surface area contributed by atoms with Crippen LogP contribution in [0.1, 0.15) is 27.2 Å². The smallest absolute Gasteiger partial charge is 0.258 e. The molecule has 0 saturated heterocycles. The number of pyridine rings is 1. The van der Waals surface area contributed by atoms with Crippen LogP contribution in [0.2, 0.25) is 0 Å². The van der Waals surface area contributed by atoms with Gasteiger partial charge in [0.1, 0.15) is 11.3 Å². The lowest BCUT2D eigenvalue weighted by atomic mass is 10.1. The van der Waals surface area contributed by atoms with Crippen molar-refractivity contribution in [1.29, 1.82) is 0 Å². The van der Waals surface area contributed by atoms with Crippen LogP contribution in [0.3, 0.4) is 0 Å². The molecule has 160 valence electrons. The van der Waals surface area contributed by atoms with Gasteiger partial charge in [-0.3, -0.25) is 9.78 Å². The van der Waals surface area contributed by atoms with Gasteiger partial charge < -0.3 is 10.1 Å². The van der Waals surface area contributed by atoms with E-state index in [2.05, 4.69) is 20.3 Å². The highest BCUT2D eigenvalue weighted by atomic mass is 16.5. The summed E-state index contributed by atoms with van der Waals surface area (Å²) in [7, 11) is 0. The van der Waals surface area contributed by atoms with Crippen LogP contribution in [0.4, 0.5) is 0 Å². The van der Waals surface area contributed by atoms with Crippen LogP contribution in [-0.4, -0.2) is 27.4 Å². The molecule has 0 aliphatic heterocycles. The number of aryl methyl sites for hydroxylation is 2. The number of rotatable bonds is 7. The molecule has 1 N–H and O–H groups in total. The fraction of sp³-hybridized carbons (Fsp3) is 0.154. The maximum Gasteiger partial charge on any atom is 0.258 e. The molecule has 0 saturated carbocycles. The molecule has 0 atom stereocenters. The predicted octanol–water partition coefficient (Wildman–Crippen LogP) is 4.92. The van der Waals surface area contributed by atoms with Crippen molar-refractivity contribution >= 4 is 5.91 Å². The van der Waals surface area contributed by atoms with Gasteiger partial charge in [0.2, 0.25) is 5.88 Å². The minimum absolute atomic E-state index is 0.220. The molecule has 4 aromatic rings. The van der Waals surface area contributed by atoms with E-state index in [1.807, 2.05) is 80.6 Å². The summed E-state index contributed by atoms with van der Waals surface area (Å²) in [6.45, 7) is 4.50. The minimum Gasteiger partial charge on any atom is -0.438 e. The molecule has 0 radical (unpaired) electrons. The number of nitrogens with one attached hydrogen (secondary N) is 1. The van der Waals surface area contributed by atoms with Crippen molar-refractivity contribution in [1.82, 2.24) is 20.3 Å². The molecule has 0 spiro atoms. The molecule has 0 fully saturated rings. The molecule has 0 unspecified atom stereocenters. The maximum atomic E-state index is 12.9. The van der Waals surface area contributed by atoms with Gasteiger partial charge in [0, 0.05) is 36.6 Å². The number of hydrogen-bond donors (Lipinski definition) is 1. The van der Waals surface area contributed by atoms with Gasteiger partial charge in [0.05, 0.1) is 0 Å². The largest absolute Gasteiger partial charge is 0.438 e. The Kier molecular flexibility index (Phi) is 6.51. The molecule has 32 heavy (non-hydrogen) atoms. The van der Waals surface area contributed by atoms with Crippen LogP contribution in [0.5, 0.6) is 11.6 Å². The Balaban J connectivity index is 1.59. The Morgan fingerprint density at radius 2 is 1.75 bits per heavy atom. The summed E-state index contributed by atoms with van der Waals surface area (Å²) < 4.78 is 6.07. The van der Waals surface area contributed by atoms with E-state index in [1.165, 1.54) is 6.20 Å². The number of hydrogen-bond acceptors (Lipinski definition) is 5. The second kappa shape index (κ2) is 9.83. The summed E-state index contributed by atoms with van der Waals surface area (Å²) in [5, 5.41) is 2.91. The zero-order valence-electron chi connectivity index (χ0n) is 18.1. The van der Waals surface area contributed by atoms with Crippen molar-refractivity contribution in [2.45, 2.75) is 20.3 Å². The van der Waals surface area contributed by atoms with Gasteiger partial charge in [-0.2, -0.15) is 4.98 Å². The zero-order chi connectivity index (χ0) is 22.3. The lowest BCUT2D eigenvalue weighted by Crippen LogP contribution is -2.26. The quantitative estimate of drug-likeness (QED) is 0.456. The van der Waals surface area contributed by atoms with Crippen molar-refractivity contribution < 1.29 is 9.53 Å². The Morgan fingerprint density at radius 1 is 0.938 bits per heavy atom. The van der Waals surface area contributed by atoms with E-state index in [0.717, 1.165) is 22.4 Å². The molecule has 1 amide bonds. The van der Waals surface area contributed by atoms with E-state index in [1.54, 1.807) is 6.20 Å². The number of aromatic nitrogens is 3. The summed E-state index contributed by atoms with van der Waals surface area (Å²) in [5.41, 5.74) is 4.30. The molecule has 2 aromatic heterocycles. The predicted molar refractivity (Wildman–Crippen MR) is 124 cm³/mol. The van der Waals surface area contributed by atoms with Crippen molar-refractivity contribution in [2.24, 2.45) is 0 Å². The summed E-state index contributed by atoms with van der Waals surface area (Å²) in [4.78, 5) is 26.2. The standard InChI is InChI=1S/C26H24N4O2/c1-18-11-12-22(16-19(18)2)32-26-23(17-29-24(30-26)20-8-4-3-5-9-20)25(31)28-15-13-21-10-6-7-14-27-21/h3-12,14,16-17H,13,15H2,1-2H3,(H,28,31). The third kappa shape index (κ3) is 5.16. The molecule has 0 aliphatic rings. The van der Waals surface area contributed by atoms with E-state index in [-0.39, 0.29) is 17.4 Å². The fourth-order valence-electron chi connectivity index (χ4n) is 3.16. The lowest BCUT2D eigenvalue weighted by molar-refractivity contribution is 0.0950. The molecule has 0 aliphatic carbocycles. The monoisotopic (exact) mass is 424 g/mol. The fourth-order valence-corrected chi connectivity index (χ4v) is 3.16. The summed E-state index contributed by atoms with van der Waals surface area (Å²) >= 11 is 0. The van der Waals surface area contributed by atoms with Crippen LogP contribution in [0.25, 0.3) is 11.4 Å². The van der Waals surface area contributed by atoms with Gasteiger partial charge in [-0.25, -0.2) is 4.98 Å². The van der Waals surface area contributed by atoms with Gasteiger partial charge >= 0.3 is 0 Å². The first kappa shape index (κ1) is 21.2. The normalized spacial score (nSPS) is 10.6. The summed E-state index contributed by atoms with van der Waals surface area (Å²) in [6.07, 6.45) is 3.88. The van der Waals surface area contributed by atoms with Gasteiger partial charge in [0.25, 0.3) is 5.91 Å². The minimum atomic E-state index is -0.292. The highest BCUT2D eigenvalue weighted by Crippen LogP contribution is 2.27. The Labute approximate surface area is 187 Å². The number of ether oxygens (including phenoxy) is 1. The first-order chi connectivity index (χ1) is 15.6. The van der Waals surface area contributed by atoms with E-state index < -0.39 is 0 Å². The van der Waals surface area contributed by atoms with Crippen LogP contribution >= 0.6 is 0 Å². The van der Waals surface area contributed by atoms with Crippen LogP contribution in [0.15, 0.2) is 79.1 Å². The molecular weight excluding hydrogens is 400 g/mol. The number of carbonyl (C=O) groups is 1. The molecular formula is C26H24N4O2. The number of amides is 1. The SMILES string of the molecule is Cc1ccc(Oc2nc(-c3ccccc3)ncc2C(=O)NCCc2ccccn2)cc1C. The van der Waals surface area contributed by atoms with E-state index in [0.29, 0.717) is 24.5 Å². The van der Waals surface area contributed by atoms with Crippen molar-refractivity contribution in [2.75, 3.05) is 6.54 Å². The van der Waals surface area contributed by atoms with Crippen molar-refractivity contribution in [3.8, 4) is 23.0 Å². The summed E-state index contributed by atoms with van der Waals surface area (Å²) in [6, 6.07) is 21.1. The van der Waals surface area contributed by atoms with Gasteiger partial charge in [0.15, 0.2) is 5.82 Å². The number of nitrogens with zero attached hydrogens (tertiary/aromatic N) is 3. The van der Waals surface area contributed by atoms with E-state index in [4.69, 9.17) is 4.74 Å². The number of carbonyl (C=O) groups excluding carboxylic acids is 1. The lowest BCUT2D eigenvalue weighted by Gasteiger charge is -2.13. The summed E-state index contributed by atoms with van der Waals surface area (Å²) in [5.74, 6) is 1.04. The van der Waals surface area contributed by atoms with E-state index in [9.17, 15) is 4.79 Å². The zero-order valence-corrected chi connectivity index (χ0v) is 18.1. The molecule has 2 aromatic carbocycles. The Bertz CT molecular complexity index is 1210. The van der Waals surface area contributed by atoms with E-state index >= 15 is 0 Å². The average molecular weight is 425 g/mol. The molecule has 0 bridgehead atoms. The van der Waals surface area contributed by atoms with Gasteiger partial charge in [-0.05, 0) is 49.2 Å². The maximum absolute atomic E-state index is 12.9. The highest BCUT2D eigenvalue weighted by Gasteiger charge is 2.18. The second-order valence-corrected chi connectivity index (χ2v) is 7.45. The average Bonchev–Trinajstić information content (AvgIpc) is 2.82. The van der Waals surface area contributed by atoms with Crippen LogP contribution < -0.4 is 10.1 Å². The first-order valence-electron chi connectivity index (χ1n) is 10.5.